The molecule has 0 fully saturated rings. The number of phenolic OH excluding ortho intramolecular Hbond substituents is 1. The fourth-order valence-corrected chi connectivity index (χ4v) is 2.43. The van der Waals surface area contributed by atoms with Crippen LogP contribution in [0.5, 0.6) is 23.0 Å². The lowest BCUT2D eigenvalue weighted by Crippen LogP contribution is -2.07. The fraction of sp³-hybridized carbons (Fsp3) is 0.176. The van der Waals surface area contributed by atoms with Gasteiger partial charge in [0.1, 0.15) is 29.6 Å². The lowest BCUT2D eigenvalue weighted by Gasteiger charge is -2.23. The van der Waals surface area contributed by atoms with Gasteiger partial charge in [0.25, 0.3) is 0 Å². The Morgan fingerprint density at radius 3 is 2.95 bits per heavy atom. The molecule has 0 aliphatic carbocycles. The standard InChI is InChI=1S/C17H16O3/c1-3-8-19-17-11(2)4-7-15-14(17)9-12-5-6-13(18)10-16(12)20-15/h3-7,10,18H,1,8-9H2,2H3. The lowest BCUT2D eigenvalue weighted by atomic mass is 9.97. The number of ether oxygens (including phenoxy) is 2. The summed E-state index contributed by atoms with van der Waals surface area (Å²) in [6.45, 7) is 6.17. The van der Waals surface area contributed by atoms with Crippen molar-refractivity contribution in [1.29, 1.82) is 0 Å². The highest BCUT2D eigenvalue weighted by molar-refractivity contribution is 5.58. The number of aromatic hydroxyl groups is 1. The van der Waals surface area contributed by atoms with E-state index in [9.17, 15) is 5.11 Å². The molecule has 0 aromatic heterocycles. The van der Waals surface area contributed by atoms with Crippen LogP contribution in [-0.4, -0.2) is 11.7 Å². The van der Waals surface area contributed by atoms with Crippen LogP contribution in [0.4, 0.5) is 0 Å². The molecule has 1 N–H and O–H groups in total. The molecule has 0 saturated carbocycles. The second kappa shape index (κ2) is 4.93. The van der Waals surface area contributed by atoms with E-state index in [0.717, 1.165) is 34.6 Å². The van der Waals surface area contributed by atoms with Gasteiger partial charge in [0.05, 0.1) is 0 Å². The Balaban J connectivity index is 2.04. The third-order valence-electron chi connectivity index (χ3n) is 3.40. The zero-order valence-electron chi connectivity index (χ0n) is 11.3. The average molecular weight is 268 g/mol. The van der Waals surface area contributed by atoms with Gasteiger partial charge in [0, 0.05) is 18.1 Å². The van der Waals surface area contributed by atoms with Crippen molar-refractivity contribution < 1.29 is 14.6 Å². The van der Waals surface area contributed by atoms with E-state index in [1.807, 2.05) is 25.1 Å². The molecule has 102 valence electrons. The topological polar surface area (TPSA) is 38.7 Å². The number of phenols is 1. The van der Waals surface area contributed by atoms with Gasteiger partial charge in [-0.1, -0.05) is 24.8 Å². The van der Waals surface area contributed by atoms with E-state index >= 15 is 0 Å². The summed E-state index contributed by atoms with van der Waals surface area (Å²) in [4.78, 5) is 0. The summed E-state index contributed by atoms with van der Waals surface area (Å²) in [5, 5.41) is 9.54. The number of hydrogen-bond acceptors (Lipinski definition) is 3. The molecule has 3 nitrogen and oxygen atoms in total. The van der Waals surface area contributed by atoms with Crippen LogP contribution in [-0.2, 0) is 6.42 Å². The molecule has 0 amide bonds. The Bertz CT molecular complexity index is 674. The first-order chi connectivity index (χ1) is 9.69. The maximum absolute atomic E-state index is 9.54. The smallest absolute Gasteiger partial charge is 0.134 e. The minimum absolute atomic E-state index is 0.211. The molecule has 0 unspecified atom stereocenters. The molecule has 0 atom stereocenters. The van der Waals surface area contributed by atoms with Crippen LogP contribution in [0.3, 0.4) is 0 Å². The van der Waals surface area contributed by atoms with E-state index in [0.29, 0.717) is 12.4 Å². The van der Waals surface area contributed by atoms with Crippen molar-refractivity contribution in [3.8, 4) is 23.0 Å². The summed E-state index contributed by atoms with van der Waals surface area (Å²) >= 11 is 0. The third kappa shape index (κ3) is 2.11. The molecule has 3 rings (SSSR count). The molecule has 3 heteroatoms. The first-order valence-electron chi connectivity index (χ1n) is 6.55. The van der Waals surface area contributed by atoms with Crippen molar-refractivity contribution in [2.75, 3.05) is 6.61 Å². The Morgan fingerprint density at radius 1 is 1.30 bits per heavy atom. The van der Waals surface area contributed by atoms with Crippen LogP contribution in [0.25, 0.3) is 0 Å². The number of rotatable bonds is 3. The van der Waals surface area contributed by atoms with E-state index < -0.39 is 0 Å². The fourth-order valence-electron chi connectivity index (χ4n) is 2.43. The second-order valence-electron chi connectivity index (χ2n) is 4.86. The predicted octanol–water partition coefficient (Wildman–Crippen LogP) is 3.96. The maximum atomic E-state index is 9.54. The first-order valence-corrected chi connectivity index (χ1v) is 6.55. The van der Waals surface area contributed by atoms with Gasteiger partial charge in [-0.05, 0) is 30.2 Å². The van der Waals surface area contributed by atoms with E-state index in [2.05, 4.69) is 6.58 Å². The van der Waals surface area contributed by atoms with E-state index in [1.165, 1.54) is 0 Å². The summed E-state index contributed by atoms with van der Waals surface area (Å²) in [6, 6.07) is 9.12. The third-order valence-corrected chi connectivity index (χ3v) is 3.40. The molecule has 1 aliphatic rings. The highest BCUT2D eigenvalue weighted by atomic mass is 16.5. The normalized spacial score (nSPS) is 12.1. The SMILES string of the molecule is C=CCOc1c(C)ccc2c1Cc1ccc(O)cc1O2. The second-order valence-corrected chi connectivity index (χ2v) is 4.86. The van der Waals surface area contributed by atoms with Gasteiger partial charge in [0.2, 0.25) is 0 Å². The van der Waals surface area contributed by atoms with Gasteiger partial charge in [0.15, 0.2) is 0 Å². The van der Waals surface area contributed by atoms with E-state index in [4.69, 9.17) is 9.47 Å². The highest BCUT2D eigenvalue weighted by Crippen LogP contribution is 2.43. The Kier molecular flexibility index (Phi) is 3.11. The van der Waals surface area contributed by atoms with Gasteiger partial charge in [-0.15, -0.1) is 0 Å². The summed E-state index contributed by atoms with van der Waals surface area (Å²) in [5.41, 5.74) is 3.17. The van der Waals surface area contributed by atoms with Crippen LogP contribution in [0, 0.1) is 6.92 Å². The van der Waals surface area contributed by atoms with Gasteiger partial charge < -0.3 is 14.6 Å². The van der Waals surface area contributed by atoms with Crippen molar-refractivity contribution in [1.82, 2.24) is 0 Å². The minimum Gasteiger partial charge on any atom is -0.508 e. The number of fused-ring (bicyclic) bond motifs is 2. The molecule has 0 bridgehead atoms. The van der Waals surface area contributed by atoms with Crippen LogP contribution in [0.1, 0.15) is 16.7 Å². The van der Waals surface area contributed by atoms with Gasteiger partial charge in [-0.3, -0.25) is 0 Å². The molecule has 20 heavy (non-hydrogen) atoms. The summed E-state index contributed by atoms with van der Waals surface area (Å²) < 4.78 is 11.6. The van der Waals surface area contributed by atoms with Crippen molar-refractivity contribution in [3.05, 3.63) is 59.7 Å². The first kappa shape index (κ1) is 12.6. The summed E-state index contributed by atoms with van der Waals surface area (Å²) in [6.07, 6.45) is 2.47. The zero-order valence-corrected chi connectivity index (χ0v) is 11.3. The molecule has 0 spiro atoms. The molecule has 0 saturated heterocycles. The monoisotopic (exact) mass is 268 g/mol. The zero-order chi connectivity index (χ0) is 14.1. The lowest BCUT2D eigenvalue weighted by molar-refractivity contribution is 0.350. The molecule has 2 aromatic rings. The van der Waals surface area contributed by atoms with Crippen molar-refractivity contribution in [3.63, 3.8) is 0 Å². The number of hydrogen-bond donors (Lipinski definition) is 1. The van der Waals surface area contributed by atoms with Gasteiger partial charge >= 0.3 is 0 Å². The summed E-state index contributed by atoms with van der Waals surface area (Å²) in [5.74, 6) is 2.56. The molecule has 1 aliphatic heterocycles. The Hall–Kier alpha value is -2.42. The predicted molar refractivity (Wildman–Crippen MR) is 77.9 cm³/mol. The molecular weight excluding hydrogens is 252 g/mol. The van der Waals surface area contributed by atoms with Crippen LogP contribution in [0.2, 0.25) is 0 Å². The Morgan fingerprint density at radius 2 is 2.15 bits per heavy atom. The summed E-state index contributed by atoms with van der Waals surface area (Å²) in [7, 11) is 0. The van der Waals surface area contributed by atoms with E-state index in [1.54, 1.807) is 18.2 Å². The average Bonchev–Trinajstić information content (AvgIpc) is 2.44. The van der Waals surface area contributed by atoms with E-state index in [-0.39, 0.29) is 5.75 Å². The molecule has 1 heterocycles. The number of aryl methyl sites for hydroxylation is 1. The molecule has 2 aromatic carbocycles. The largest absolute Gasteiger partial charge is 0.508 e. The van der Waals surface area contributed by atoms with Crippen LogP contribution >= 0.6 is 0 Å². The van der Waals surface area contributed by atoms with Crippen LogP contribution < -0.4 is 9.47 Å². The highest BCUT2D eigenvalue weighted by Gasteiger charge is 2.22. The molecule has 0 radical (unpaired) electrons. The van der Waals surface area contributed by atoms with Crippen molar-refractivity contribution in [2.45, 2.75) is 13.3 Å². The maximum Gasteiger partial charge on any atom is 0.134 e. The minimum atomic E-state index is 0.211. The quantitative estimate of drug-likeness (QED) is 0.731. The molecular formula is C17H16O3. The number of benzene rings is 2. The van der Waals surface area contributed by atoms with Gasteiger partial charge in [-0.2, -0.15) is 0 Å². The Labute approximate surface area is 118 Å². The van der Waals surface area contributed by atoms with Crippen LogP contribution in [0.15, 0.2) is 43.0 Å². The van der Waals surface area contributed by atoms with Gasteiger partial charge in [-0.25, -0.2) is 0 Å². The van der Waals surface area contributed by atoms with Crippen molar-refractivity contribution in [2.24, 2.45) is 0 Å². The van der Waals surface area contributed by atoms with Crippen molar-refractivity contribution >= 4 is 0 Å².